The van der Waals surface area contributed by atoms with Crippen LogP contribution in [0.15, 0.2) is 42.9 Å². The fraction of sp³-hybridized carbons (Fsp3) is 0.333. The molecule has 0 saturated carbocycles. The third-order valence-corrected chi connectivity index (χ3v) is 4.67. The van der Waals surface area contributed by atoms with E-state index < -0.39 is 0 Å². The van der Waals surface area contributed by atoms with Crippen LogP contribution in [-0.2, 0) is 6.54 Å². The molecule has 1 aliphatic rings. The van der Waals surface area contributed by atoms with E-state index >= 15 is 0 Å². The van der Waals surface area contributed by atoms with E-state index in [2.05, 4.69) is 25.1 Å². The number of piperidine rings is 1. The number of halogens is 1. The monoisotopic (exact) mass is 325 g/mol. The maximum Gasteiger partial charge on any atom is 0.132 e. The second-order valence-corrected chi connectivity index (χ2v) is 6.30. The highest BCUT2D eigenvalue weighted by Gasteiger charge is 2.24. The lowest BCUT2D eigenvalue weighted by Crippen LogP contribution is -2.34. The lowest BCUT2D eigenvalue weighted by molar-refractivity contribution is 0.197. The van der Waals surface area contributed by atoms with Crippen molar-refractivity contribution >= 4 is 0 Å². The number of likely N-dealkylation sites (tertiary alicyclic amines) is 1. The highest BCUT2D eigenvalue weighted by atomic mass is 19.1. The molecule has 1 fully saturated rings. The van der Waals surface area contributed by atoms with Crippen LogP contribution in [0.2, 0.25) is 0 Å². The standard InChI is InChI=1S/C18H20FN5/c19-16-6-2-1-5-15(16)17-14(10-22-23-17)12-24-9-3-4-13(11-24)18-20-7-8-21-18/h1-2,5-8,10,13H,3-4,9,11-12H2,(H,20,21)(H,22,23). The summed E-state index contributed by atoms with van der Waals surface area (Å²) < 4.78 is 14.1. The van der Waals surface area contributed by atoms with Crippen molar-refractivity contribution in [3.63, 3.8) is 0 Å². The first-order valence-corrected chi connectivity index (χ1v) is 8.30. The molecule has 0 bridgehead atoms. The number of hydrogen-bond donors (Lipinski definition) is 2. The minimum absolute atomic E-state index is 0.227. The molecule has 24 heavy (non-hydrogen) atoms. The minimum atomic E-state index is -0.227. The fourth-order valence-corrected chi connectivity index (χ4v) is 3.49. The number of aromatic amines is 2. The van der Waals surface area contributed by atoms with Crippen molar-refractivity contribution in [3.05, 3.63) is 60.1 Å². The van der Waals surface area contributed by atoms with Gasteiger partial charge in [-0.25, -0.2) is 9.37 Å². The number of nitrogens with zero attached hydrogens (tertiary/aromatic N) is 3. The molecular weight excluding hydrogens is 305 g/mol. The van der Waals surface area contributed by atoms with Crippen molar-refractivity contribution in [2.75, 3.05) is 13.1 Å². The van der Waals surface area contributed by atoms with Crippen LogP contribution in [0.25, 0.3) is 11.3 Å². The van der Waals surface area contributed by atoms with Gasteiger partial charge in [0.1, 0.15) is 11.6 Å². The van der Waals surface area contributed by atoms with E-state index in [1.807, 2.05) is 12.3 Å². The van der Waals surface area contributed by atoms with Crippen LogP contribution < -0.4 is 0 Å². The average molecular weight is 325 g/mol. The summed E-state index contributed by atoms with van der Waals surface area (Å²) >= 11 is 0. The normalized spacial score (nSPS) is 18.8. The number of imidazole rings is 1. The molecule has 0 aliphatic carbocycles. The number of hydrogen-bond acceptors (Lipinski definition) is 3. The fourth-order valence-electron chi connectivity index (χ4n) is 3.49. The van der Waals surface area contributed by atoms with E-state index in [0.717, 1.165) is 49.6 Å². The lowest BCUT2D eigenvalue weighted by Gasteiger charge is -2.31. The van der Waals surface area contributed by atoms with E-state index in [1.165, 1.54) is 6.07 Å². The van der Waals surface area contributed by atoms with Crippen molar-refractivity contribution in [1.29, 1.82) is 0 Å². The first-order valence-electron chi connectivity index (χ1n) is 8.30. The molecule has 3 heterocycles. The topological polar surface area (TPSA) is 60.6 Å². The van der Waals surface area contributed by atoms with Gasteiger partial charge in [0.25, 0.3) is 0 Å². The Morgan fingerprint density at radius 3 is 3.04 bits per heavy atom. The van der Waals surface area contributed by atoms with Gasteiger partial charge in [0, 0.05) is 42.5 Å². The Balaban J connectivity index is 1.52. The summed E-state index contributed by atoms with van der Waals surface area (Å²) in [6.45, 7) is 2.76. The summed E-state index contributed by atoms with van der Waals surface area (Å²) in [5.74, 6) is 1.26. The van der Waals surface area contributed by atoms with Gasteiger partial charge in [-0.2, -0.15) is 5.10 Å². The van der Waals surface area contributed by atoms with Crippen molar-refractivity contribution in [2.45, 2.75) is 25.3 Å². The van der Waals surface area contributed by atoms with E-state index in [0.29, 0.717) is 11.5 Å². The molecule has 1 saturated heterocycles. The van der Waals surface area contributed by atoms with Crippen LogP contribution >= 0.6 is 0 Å². The molecule has 1 aromatic carbocycles. The molecule has 6 heteroatoms. The molecule has 2 aromatic heterocycles. The van der Waals surface area contributed by atoms with E-state index in [4.69, 9.17) is 0 Å². The van der Waals surface area contributed by atoms with E-state index in [1.54, 1.807) is 24.5 Å². The molecule has 1 atom stereocenters. The summed E-state index contributed by atoms with van der Waals surface area (Å²) in [6, 6.07) is 6.81. The van der Waals surface area contributed by atoms with Crippen LogP contribution in [-0.4, -0.2) is 38.2 Å². The maximum absolute atomic E-state index is 14.1. The number of aromatic nitrogens is 4. The SMILES string of the molecule is Fc1ccccc1-c1[nH]ncc1CN1CCCC(c2ncc[nH]2)C1. The molecule has 1 aliphatic heterocycles. The summed E-state index contributed by atoms with van der Waals surface area (Å²) in [5, 5.41) is 7.09. The van der Waals surface area contributed by atoms with Gasteiger partial charge in [-0.15, -0.1) is 0 Å². The maximum atomic E-state index is 14.1. The third-order valence-electron chi connectivity index (χ3n) is 4.67. The van der Waals surface area contributed by atoms with Gasteiger partial charge < -0.3 is 4.98 Å². The highest BCUT2D eigenvalue weighted by Crippen LogP contribution is 2.28. The molecule has 0 radical (unpaired) electrons. The molecule has 3 aromatic rings. The molecular formula is C18H20FN5. The van der Waals surface area contributed by atoms with Crippen molar-refractivity contribution in [3.8, 4) is 11.3 Å². The predicted molar refractivity (Wildman–Crippen MR) is 89.8 cm³/mol. The number of benzene rings is 1. The summed E-state index contributed by atoms with van der Waals surface area (Å²) in [7, 11) is 0. The first-order chi connectivity index (χ1) is 11.8. The Kier molecular flexibility index (Phi) is 4.13. The van der Waals surface area contributed by atoms with Gasteiger partial charge in [-0.1, -0.05) is 12.1 Å². The molecule has 124 valence electrons. The van der Waals surface area contributed by atoms with Crippen LogP contribution in [0.1, 0.15) is 30.1 Å². The van der Waals surface area contributed by atoms with Crippen LogP contribution in [0.5, 0.6) is 0 Å². The third kappa shape index (κ3) is 2.97. The zero-order valence-electron chi connectivity index (χ0n) is 13.4. The molecule has 5 nitrogen and oxygen atoms in total. The van der Waals surface area contributed by atoms with Crippen LogP contribution in [0, 0.1) is 5.82 Å². The summed E-state index contributed by atoms with van der Waals surface area (Å²) in [6.07, 6.45) is 7.77. The smallest absolute Gasteiger partial charge is 0.132 e. The first kappa shape index (κ1) is 15.1. The zero-order chi connectivity index (χ0) is 16.4. The van der Waals surface area contributed by atoms with Crippen LogP contribution in [0.3, 0.4) is 0 Å². The average Bonchev–Trinajstić information content (AvgIpc) is 3.27. The van der Waals surface area contributed by atoms with Crippen molar-refractivity contribution < 1.29 is 4.39 Å². The van der Waals surface area contributed by atoms with E-state index in [9.17, 15) is 4.39 Å². The molecule has 2 N–H and O–H groups in total. The number of H-pyrrole nitrogens is 2. The molecule has 0 spiro atoms. The number of rotatable bonds is 4. The molecule has 0 amide bonds. The van der Waals surface area contributed by atoms with E-state index in [-0.39, 0.29) is 5.82 Å². The summed E-state index contributed by atoms with van der Waals surface area (Å²) in [4.78, 5) is 10.0. The van der Waals surface area contributed by atoms with Gasteiger partial charge in [-0.3, -0.25) is 10.00 Å². The number of nitrogens with one attached hydrogen (secondary N) is 2. The van der Waals surface area contributed by atoms with Gasteiger partial charge >= 0.3 is 0 Å². The minimum Gasteiger partial charge on any atom is -0.348 e. The Hall–Kier alpha value is -2.47. The second-order valence-electron chi connectivity index (χ2n) is 6.30. The highest BCUT2D eigenvalue weighted by molar-refractivity contribution is 5.63. The van der Waals surface area contributed by atoms with Gasteiger partial charge in [0.15, 0.2) is 0 Å². The van der Waals surface area contributed by atoms with Gasteiger partial charge in [0.2, 0.25) is 0 Å². The van der Waals surface area contributed by atoms with Gasteiger partial charge in [-0.05, 0) is 31.5 Å². The Labute approximate surface area is 139 Å². The van der Waals surface area contributed by atoms with Gasteiger partial charge in [0.05, 0.1) is 11.9 Å². The quantitative estimate of drug-likeness (QED) is 0.773. The Morgan fingerprint density at radius 1 is 1.29 bits per heavy atom. The largest absolute Gasteiger partial charge is 0.348 e. The summed E-state index contributed by atoms with van der Waals surface area (Å²) in [5.41, 5.74) is 2.37. The van der Waals surface area contributed by atoms with Crippen LogP contribution in [0.4, 0.5) is 4.39 Å². The van der Waals surface area contributed by atoms with Crippen molar-refractivity contribution in [1.82, 2.24) is 25.1 Å². The molecule has 1 unspecified atom stereocenters. The predicted octanol–water partition coefficient (Wildman–Crippen LogP) is 3.32. The second kappa shape index (κ2) is 6.57. The molecule has 4 rings (SSSR count). The lowest BCUT2D eigenvalue weighted by atomic mass is 9.96. The Bertz CT molecular complexity index is 795. The van der Waals surface area contributed by atoms with Crippen molar-refractivity contribution in [2.24, 2.45) is 0 Å². The zero-order valence-corrected chi connectivity index (χ0v) is 13.4. The Morgan fingerprint density at radius 2 is 2.21 bits per heavy atom.